The number of nitrogens with one attached hydrogen (secondary N) is 1. The van der Waals surface area contributed by atoms with Gasteiger partial charge in [-0.15, -0.1) is 0 Å². The Kier molecular flexibility index (Phi) is 19.4. The third-order valence-corrected chi connectivity index (χ3v) is 10.4. The number of ether oxygens (including phenoxy) is 1. The molecule has 0 aliphatic carbocycles. The van der Waals surface area contributed by atoms with E-state index in [0.29, 0.717) is 63.6 Å². The van der Waals surface area contributed by atoms with Gasteiger partial charge in [-0.05, 0) is 152 Å². The highest BCUT2D eigenvalue weighted by atomic mass is 35.5. The van der Waals surface area contributed by atoms with Crippen molar-refractivity contribution in [2.24, 2.45) is 0 Å². The Morgan fingerprint density at radius 2 is 1.17 bits per heavy atom. The van der Waals surface area contributed by atoms with Gasteiger partial charge < -0.3 is 43.9 Å². The van der Waals surface area contributed by atoms with Crippen LogP contribution in [0.3, 0.4) is 0 Å². The molecule has 66 heavy (non-hydrogen) atoms. The number of nitrogens with two attached hydrogens (primary N) is 1. The standard InChI is InChI=1S/C20H13BNO5.C13H9NO2.C7H4BClO2.C6H15N.C4H8O/c23-19(12-5-8-14(9-6-12)27-21-25)22-13-7-10-18-17(11-13)15-3-1-2-4-16(15)20(24)26-18;14-8-5-6-12-11(7-8)9-3-1-2-4-10(9)13(15)16-12;8-11-6-3-1-5(2-4-6)7(9)10;1-4-7(5-2)6-3;1-2-4-5-3-1/h1-11,25H,(H,22,23);1-7H,14H2;1-4H;4-6H2,1-3H3;1-4H2. The van der Waals surface area contributed by atoms with E-state index in [-0.39, 0.29) is 11.5 Å². The number of hydrogen-bond acceptors (Lipinski definition) is 12. The highest BCUT2D eigenvalue weighted by Gasteiger charge is 2.11. The molecule has 2 aromatic heterocycles. The first-order valence-electron chi connectivity index (χ1n) is 21.2. The van der Waals surface area contributed by atoms with Crippen molar-refractivity contribution < 1.29 is 37.5 Å². The molecule has 0 unspecified atom stereocenters. The average Bonchev–Trinajstić information content (AvgIpc) is 3.95. The molecule has 0 saturated carbocycles. The molecule has 8 aromatic rings. The summed E-state index contributed by atoms with van der Waals surface area (Å²) in [5, 5.41) is 15.3. The maximum atomic E-state index is 12.5. The Labute approximate surface area is 388 Å². The Morgan fingerprint density at radius 1 is 0.682 bits per heavy atom. The van der Waals surface area contributed by atoms with Crippen molar-refractivity contribution in [3.63, 3.8) is 0 Å². The fraction of sp³-hybridized carbons (Fsp3) is 0.200. The number of carbonyl (C=O) groups is 2. The predicted molar refractivity (Wildman–Crippen MR) is 264 cm³/mol. The maximum Gasteiger partial charge on any atom is 0.569 e. The van der Waals surface area contributed by atoms with Crippen LogP contribution in [0.5, 0.6) is 11.5 Å². The fourth-order valence-corrected chi connectivity index (χ4v) is 6.78. The van der Waals surface area contributed by atoms with Crippen molar-refractivity contribution >= 4 is 93.3 Å². The molecule has 4 N–H and O–H groups in total. The average molecular weight is 909 g/mol. The van der Waals surface area contributed by atoms with Crippen molar-refractivity contribution in [1.29, 1.82) is 0 Å². The first-order valence-corrected chi connectivity index (χ1v) is 21.5. The second-order valence-corrected chi connectivity index (χ2v) is 14.7. The minimum Gasteiger partial charge on any atom is -0.568 e. The number of benzene rings is 6. The number of fused-ring (bicyclic) bond motifs is 6. The number of rotatable bonds is 9. The molecular formula is C50H49B2ClN3O10. The molecule has 13 nitrogen and oxygen atoms in total. The number of halogens is 1. The first-order chi connectivity index (χ1) is 32.0. The van der Waals surface area contributed by atoms with Gasteiger partial charge in [0.15, 0.2) is 0 Å². The van der Waals surface area contributed by atoms with Gasteiger partial charge in [-0.3, -0.25) is 9.59 Å². The van der Waals surface area contributed by atoms with Crippen molar-refractivity contribution in [2.75, 3.05) is 43.9 Å². The molecule has 1 saturated heterocycles. The Bertz CT molecular complexity index is 2940. The van der Waals surface area contributed by atoms with E-state index in [4.69, 9.17) is 48.6 Å². The molecule has 9 rings (SSSR count). The van der Waals surface area contributed by atoms with Crippen LogP contribution >= 0.6 is 11.6 Å². The summed E-state index contributed by atoms with van der Waals surface area (Å²) in [6, 6.07) is 37.4. The summed E-state index contributed by atoms with van der Waals surface area (Å²) in [5.74, 6) is 0.614. The zero-order chi connectivity index (χ0) is 47.4. The number of carbonyl (C=O) groups excluding carboxylic acids is 2. The zero-order valence-corrected chi connectivity index (χ0v) is 37.6. The molecule has 1 fully saturated rings. The van der Waals surface area contributed by atoms with Crippen molar-refractivity contribution in [3.8, 4) is 11.5 Å². The van der Waals surface area contributed by atoms with Crippen molar-refractivity contribution in [1.82, 2.24) is 4.90 Å². The molecule has 0 spiro atoms. The smallest absolute Gasteiger partial charge is 0.568 e. The lowest BCUT2D eigenvalue weighted by Gasteiger charge is -2.13. The molecule has 16 heteroatoms. The predicted octanol–water partition coefficient (Wildman–Crippen LogP) is 9.30. The largest absolute Gasteiger partial charge is 0.569 e. The van der Waals surface area contributed by atoms with E-state index in [2.05, 4.69) is 35.6 Å². The van der Waals surface area contributed by atoms with Crippen molar-refractivity contribution in [2.45, 2.75) is 33.6 Å². The zero-order valence-electron chi connectivity index (χ0n) is 36.8. The van der Waals surface area contributed by atoms with E-state index in [1.807, 2.05) is 36.4 Å². The molecule has 337 valence electrons. The molecule has 1 amide bonds. The van der Waals surface area contributed by atoms with E-state index in [9.17, 15) is 19.2 Å². The summed E-state index contributed by atoms with van der Waals surface area (Å²) < 4.78 is 24.7. The van der Waals surface area contributed by atoms with E-state index in [0.717, 1.165) is 34.8 Å². The second kappa shape index (κ2) is 25.6. The number of nitrogens with zero attached hydrogens (tertiary/aromatic N) is 1. The van der Waals surface area contributed by atoms with Gasteiger partial charge in [-0.1, -0.05) is 57.2 Å². The Balaban J connectivity index is 0.000000177. The molecule has 6 aromatic carbocycles. The summed E-state index contributed by atoms with van der Waals surface area (Å²) in [4.78, 5) is 49.1. The fourth-order valence-electron chi connectivity index (χ4n) is 6.65. The lowest BCUT2D eigenvalue weighted by molar-refractivity contribution is 0.102. The molecule has 1 aliphatic rings. The third-order valence-electron chi connectivity index (χ3n) is 10.2. The van der Waals surface area contributed by atoms with Crippen molar-refractivity contribution in [3.05, 3.63) is 165 Å². The van der Waals surface area contributed by atoms with Crippen LogP contribution in [-0.4, -0.2) is 69.7 Å². The van der Waals surface area contributed by atoms with Crippen LogP contribution in [-0.2, 0) is 4.74 Å². The van der Waals surface area contributed by atoms with E-state index < -0.39 is 10.9 Å². The van der Waals surface area contributed by atoms with Crippen LogP contribution in [0.1, 0.15) is 54.3 Å². The van der Waals surface area contributed by atoms with Gasteiger partial charge in [0.2, 0.25) is 0 Å². The summed E-state index contributed by atoms with van der Waals surface area (Å²) in [6.07, 6.45) is 2.56. The topological polar surface area (TPSA) is 184 Å². The van der Waals surface area contributed by atoms with Crippen LogP contribution in [0.25, 0.3) is 43.5 Å². The molecule has 3 radical (unpaired) electrons. The van der Waals surface area contributed by atoms with Gasteiger partial charge in [-0.25, -0.2) is 9.59 Å². The summed E-state index contributed by atoms with van der Waals surface area (Å²) >= 11 is 5.19. The summed E-state index contributed by atoms with van der Waals surface area (Å²) in [6.45, 7) is 12.1. The maximum absolute atomic E-state index is 12.5. The summed E-state index contributed by atoms with van der Waals surface area (Å²) in [7, 11) is 5.43. The van der Waals surface area contributed by atoms with Crippen LogP contribution in [0.15, 0.2) is 152 Å². The molecule has 0 atom stereocenters. The van der Waals surface area contributed by atoms with Crippen LogP contribution < -0.4 is 31.6 Å². The number of amides is 1. The number of hydrogen-bond donors (Lipinski definition) is 3. The first kappa shape index (κ1) is 50.1. The van der Waals surface area contributed by atoms with Gasteiger partial charge in [0.05, 0.1) is 16.5 Å². The van der Waals surface area contributed by atoms with E-state index in [1.165, 1.54) is 44.6 Å². The molecule has 3 heterocycles. The third kappa shape index (κ3) is 14.0. The second-order valence-electron chi connectivity index (χ2n) is 14.4. The van der Waals surface area contributed by atoms with Gasteiger partial charge in [-0.2, -0.15) is 0 Å². The number of nitrogen functional groups attached to an aromatic ring is 1. The highest BCUT2D eigenvalue weighted by molar-refractivity contribution is 6.67. The Hall–Kier alpha value is -6.90. The lowest BCUT2D eigenvalue weighted by Crippen LogP contribution is -2.21. The Morgan fingerprint density at radius 3 is 1.62 bits per heavy atom. The minimum absolute atomic E-state index is 0.296. The molecule has 0 bridgehead atoms. The highest BCUT2D eigenvalue weighted by Crippen LogP contribution is 2.27. The van der Waals surface area contributed by atoms with Gasteiger partial charge in [0.1, 0.15) is 16.9 Å². The van der Waals surface area contributed by atoms with Crippen LogP contribution in [0.2, 0.25) is 0 Å². The quantitative estimate of drug-likeness (QED) is 0.0411. The molecular weight excluding hydrogens is 860 g/mol. The van der Waals surface area contributed by atoms with Crippen LogP contribution in [0, 0.1) is 0 Å². The monoisotopic (exact) mass is 908 g/mol. The van der Waals surface area contributed by atoms with E-state index >= 15 is 0 Å². The van der Waals surface area contributed by atoms with Gasteiger partial charge in [0, 0.05) is 46.5 Å². The van der Waals surface area contributed by atoms with Gasteiger partial charge in [0.25, 0.3) is 11.1 Å². The molecule has 1 aliphatic heterocycles. The minimum atomic E-state index is -0.492. The SMILES string of the molecule is C1CCOC1.CCN(CC)CC.Nc1ccc2oc(=O)c3ccccc3c2c1.O=C(Nc1ccc2oc(=O)c3ccccc3c2c1)c1ccc(O[B]O)cc1.[B]Oc1ccc(C(=O)Cl)cc1. The summed E-state index contributed by atoms with van der Waals surface area (Å²) in [5.41, 5.74) is 8.15. The normalized spacial score (nSPS) is 11.5. The van der Waals surface area contributed by atoms with E-state index in [1.54, 1.807) is 84.9 Å². The van der Waals surface area contributed by atoms with Gasteiger partial charge >= 0.3 is 27.0 Å². The van der Waals surface area contributed by atoms with Crippen LogP contribution in [0.4, 0.5) is 11.4 Å². The lowest BCUT2D eigenvalue weighted by atomic mass is 10.1. The number of anilines is 2.